The number of benzene rings is 2. The molecule has 1 heterocycles. The first-order valence-corrected chi connectivity index (χ1v) is 7.35. The van der Waals surface area contributed by atoms with Crippen LogP contribution in [-0.4, -0.2) is 20.8 Å². The zero-order chi connectivity index (χ0) is 18.0. The number of para-hydroxylation sites is 1. The number of nitrogens with two attached hydrogens (primary N) is 1. The third-order valence-electron chi connectivity index (χ3n) is 3.72. The van der Waals surface area contributed by atoms with E-state index in [9.17, 15) is 14.9 Å². The highest BCUT2D eigenvalue weighted by Crippen LogP contribution is 2.26. The summed E-state index contributed by atoms with van der Waals surface area (Å²) < 4.78 is 0. The van der Waals surface area contributed by atoms with E-state index in [1.54, 1.807) is 30.3 Å². The van der Waals surface area contributed by atoms with Crippen LogP contribution in [0.25, 0.3) is 10.9 Å². The summed E-state index contributed by atoms with van der Waals surface area (Å²) in [5.74, 6) is -0.125. The first kappa shape index (κ1) is 16.3. The number of carbonyl (C=O) groups excluding carboxylic acids is 1. The molecule has 125 valence electrons. The van der Waals surface area contributed by atoms with Gasteiger partial charge < -0.3 is 11.1 Å². The van der Waals surface area contributed by atoms with Gasteiger partial charge in [0.25, 0.3) is 11.6 Å². The Labute approximate surface area is 142 Å². The van der Waals surface area contributed by atoms with Gasteiger partial charge in [-0.25, -0.2) is 9.97 Å². The van der Waals surface area contributed by atoms with Crippen molar-refractivity contribution in [1.29, 1.82) is 0 Å². The van der Waals surface area contributed by atoms with Crippen molar-refractivity contribution in [2.24, 2.45) is 5.73 Å². The molecule has 1 aromatic heterocycles. The third-order valence-corrected chi connectivity index (χ3v) is 3.72. The molecule has 0 fully saturated rings. The van der Waals surface area contributed by atoms with Crippen LogP contribution >= 0.6 is 0 Å². The molecule has 0 spiro atoms. The smallest absolute Gasteiger partial charge is 0.269 e. The van der Waals surface area contributed by atoms with Gasteiger partial charge in [-0.05, 0) is 24.6 Å². The van der Waals surface area contributed by atoms with Crippen molar-refractivity contribution in [2.45, 2.75) is 6.04 Å². The summed E-state index contributed by atoms with van der Waals surface area (Å²) in [6.07, 6.45) is 1.32. The van der Waals surface area contributed by atoms with Gasteiger partial charge in [0.2, 0.25) is 0 Å². The van der Waals surface area contributed by atoms with Gasteiger partial charge in [0.1, 0.15) is 12.1 Å². The molecule has 0 saturated carbocycles. The number of anilines is 1. The predicted octanol–water partition coefficient (Wildman–Crippen LogP) is 2.62. The molecule has 2 aromatic carbocycles. The zero-order valence-electron chi connectivity index (χ0n) is 13.0. The van der Waals surface area contributed by atoms with Gasteiger partial charge in [0.15, 0.2) is 0 Å². The van der Waals surface area contributed by atoms with E-state index in [1.807, 2.05) is 0 Å². The number of rotatable bonds is 5. The summed E-state index contributed by atoms with van der Waals surface area (Å²) in [4.78, 5) is 30.3. The Hall–Kier alpha value is -3.55. The second-order valence-electron chi connectivity index (χ2n) is 5.34. The summed E-state index contributed by atoms with van der Waals surface area (Å²) in [5, 5.41) is 14.6. The molecule has 3 aromatic rings. The van der Waals surface area contributed by atoms with Gasteiger partial charge in [-0.2, -0.15) is 0 Å². The Morgan fingerprint density at radius 2 is 2.00 bits per heavy atom. The van der Waals surface area contributed by atoms with Gasteiger partial charge in [0, 0.05) is 17.5 Å². The third kappa shape index (κ3) is 3.23. The average molecular weight is 336 g/mol. The lowest BCUT2D eigenvalue weighted by molar-refractivity contribution is -0.384. The Morgan fingerprint density at radius 1 is 1.24 bits per heavy atom. The molecule has 0 saturated heterocycles. The quantitative estimate of drug-likeness (QED) is 0.545. The number of nitrogens with one attached hydrogen (secondary N) is 1. The van der Waals surface area contributed by atoms with Gasteiger partial charge in [-0.3, -0.25) is 14.9 Å². The molecule has 0 aliphatic rings. The number of nitro groups is 1. The number of primary amides is 1. The van der Waals surface area contributed by atoms with Crippen LogP contribution in [0, 0.1) is 17.0 Å². The molecule has 8 heteroatoms. The molecular formula is C17H14N5O3. The van der Waals surface area contributed by atoms with Crippen LogP contribution in [0.3, 0.4) is 0 Å². The number of nitrogens with zero attached hydrogens (tertiary/aromatic N) is 3. The molecule has 8 nitrogen and oxygen atoms in total. The number of carbonyl (C=O) groups is 1. The minimum Gasteiger partial charge on any atom is -0.366 e. The van der Waals surface area contributed by atoms with Crippen molar-refractivity contribution < 1.29 is 9.72 Å². The average Bonchev–Trinajstić information content (AvgIpc) is 2.61. The van der Waals surface area contributed by atoms with Crippen molar-refractivity contribution in [1.82, 2.24) is 9.97 Å². The van der Waals surface area contributed by atoms with Gasteiger partial charge in [0.05, 0.1) is 22.0 Å². The fourth-order valence-corrected chi connectivity index (χ4v) is 2.50. The molecular weight excluding hydrogens is 322 g/mol. The molecule has 1 atom stereocenters. The van der Waals surface area contributed by atoms with E-state index in [0.717, 1.165) is 0 Å². The number of hydrogen-bond acceptors (Lipinski definition) is 6. The second-order valence-corrected chi connectivity index (χ2v) is 5.34. The largest absolute Gasteiger partial charge is 0.366 e. The van der Waals surface area contributed by atoms with E-state index in [-0.39, 0.29) is 5.69 Å². The number of hydrogen-bond donors (Lipinski definition) is 2. The van der Waals surface area contributed by atoms with E-state index in [2.05, 4.69) is 22.2 Å². The number of amides is 1. The summed E-state index contributed by atoms with van der Waals surface area (Å²) in [6, 6.07) is 10.7. The Kier molecular flexibility index (Phi) is 4.25. The summed E-state index contributed by atoms with van der Waals surface area (Å²) >= 11 is 0. The summed E-state index contributed by atoms with van der Waals surface area (Å²) in [6.45, 7) is 3.98. The van der Waals surface area contributed by atoms with E-state index in [1.165, 1.54) is 18.5 Å². The minimum atomic E-state index is -0.583. The van der Waals surface area contributed by atoms with Crippen LogP contribution in [-0.2, 0) is 0 Å². The molecule has 3 N–H and O–H groups in total. The molecule has 1 amide bonds. The predicted molar refractivity (Wildman–Crippen MR) is 92.9 cm³/mol. The van der Waals surface area contributed by atoms with Crippen LogP contribution < -0.4 is 11.1 Å². The molecule has 1 unspecified atom stereocenters. The molecule has 0 aliphatic heterocycles. The lowest BCUT2D eigenvalue weighted by atomic mass is 10.1. The highest BCUT2D eigenvalue weighted by Gasteiger charge is 2.15. The lowest BCUT2D eigenvalue weighted by Gasteiger charge is -2.16. The molecule has 0 bridgehead atoms. The SMILES string of the molecule is [CH2]C(Nc1ncnc2c(C(N)=O)cccc12)c1cccc([N+](=O)[O-])c1. The van der Waals surface area contributed by atoms with Crippen LogP contribution in [0.4, 0.5) is 11.5 Å². The summed E-state index contributed by atoms with van der Waals surface area (Å²) in [7, 11) is 0. The van der Waals surface area contributed by atoms with Crippen LogP contribution in [0.15, 0.2) is 48.8 Å². The number of fused-ring (bicyclic) bond motifs is 1. The van der Waals surface area contributed by atoms with Gasteiger partial charge >= 0.3 is 0 Å². The van der Waals surface area contributed by atoms with Gasteiger partial charge in [-0.15, -0.1) is 0 Å². The number of non-ortho nitro benzene ring substituents is 1. The highest BCUT2D eigenvalue weighted by atomic mass is 16.6. The topological polar surface area (TPSA) is 124 Å². The molecule has 1 radical (unpaired) electrons. The van der Waals surface area contributed by atoms with Crippen molar-refractivity contribution >= 4 is 28.3 Å². The monoisotopic (exact) mass is 336 g/mol. The summed E-state index contributed by atoms with van der Waals surface area (Å²) in [5.41, 5.74) is 6.71. The van der Waals surface area contributed by atoms with Crippen molar-refractivity contribution in [2.75, 3.05) is 5.32 Å². The molecule has 0 aliphatic carbocycles. The Morgan fingerprint density at radius 3 is 2.72 bits per heavy atom. The highest BCUT2D eigenvalue weighted by molar-refractivity contribution is 6.06. The van der Waals surface area contributed by atoms with Crippen molar-refractivity contribution in [3.05, 3.63) is 77.0 Å². The first-order valence-electron chi connectivity index (χ1n) is 7.35. The number of nitro benzene ring substituents is 1. The van der Waals surface area contributed by atoms with Gasteiger partial charge in [-0.1, -0.05) is 18.2 Å². The molecule has 3 rings (SSSR count). The van der Waals surface area contributed by atoms with Crippen LogP contribution in [0.1, 0.15) is 22.0 Å². The van der Waals surface area contributed by atoms with Crippen molar-refractivity contribution in [3.63, 3.8) is 0 Å². The fraction of sp³-hybridized carbons (Fsp3) is 0.0588. The maximum Gasteiger partial charge on any atom is 0.269 e. The normalized spacial score (nSPS) is 11.9. The van der Waals surface area contributed by atoms with E-state index in [4.69, 9.17) is 5.73 Å². The second kappa shape index (κ2) is 6.52. The minimum absolute atomic E-state index is 0.0171. The maximum absolute atomic E-state index is 11.5. The Balaban J connectivity index is 1.98. The lowest BCUT2D eigenvalue weighted by Crippen LogP contribution is -2.13. The first-order chi connectivity index (χ1) is 12.0. The van der Waals surface area contributed by atoms with E-state index >= 15 is 0 Å². The Bertz CT molecular complexity index is 973. The molecule has 25 heavy (non-hydrogen) atoms. The zero-order valence-corrected chi connectivity index (χ0v) is 13.0. The van der Waals surface area contributed by atoms with Crippen LogP contribution in [0.5, 0.6) is 0 Å². The van der Waals surface area contributed by atoms with Crippen LogP contribution in [0.2, 0.25) is 0 Å². The number of aromatic nitrogens is 2. The standard InChI is InChI=1S/C17H14N5O3/c1-10(11-4-2-5-12(8-11)22(24)25)21-17-14-7-3-6-13(16(18)23)15(14)19-9-20-17/h2-10H,1H2,(H2,18,23)(H,19,20,21). The van der Waals surface area contributed by atoms with E-state index in [0.29, 0.717) is 27.8 Å². The fourth-order valence-electron chi connectivity index (χ4n) is 2.50. The maximum atomic E-state index is 11.5. The van der Waals surface area contributed by atoms with Crippen molar-refractivity contribution in [3.8, 4) is 0 Å². The van der Waals surface area contributed by atoms with E-state index < -0.39 is 16.9 Å².